The molecule has 10 heteroatoms. The first-order valence-electron chi connectivity index (χ1n) is 12.2. The molecule has 2 aliphatic rings. The predicted octanol–water partition coefficient (Wildman–Crippen LogP) is 7.32. The zero-order valence-corrected chi connectivity index (χ0v) is 20.5. The third-order valence-corrected chi connectivity index (χ3v) is 7.01. The molecule has 0 spiro atoms. The van der Waals surface area contributed by atoms with Gasteiger partial charge >= 0.3 is 5.97 Å². The van der Waals surface area contributed by atoms with Crippen molar-refractivity contribution in [3.63, 3.8) is 0 Å². The lowest BCUT2D eigenvalue weighted by atomic mass is 9.85. The normalized spacial score (nSPS) is 19.4. The molecule has 0 aromatic heterocycles. The summed E-state index contributed by atoms with van der Waals surface area (Å²) in [6, 6.07) is 7.06. The van der Waals surface area contributed by atoms with Crippen LogP contribution in [0.1, 0.15) is 71.4 Å². The van der Waals surface area contributed by atoms with Gasteiger partial charge in [-0.15, -0.1) is 0 Å². The van der Waals surface area contributed by atoms with Crippen molar-refractivity contribution in [2.75, 3.05) is 6.61 Å². The number of aliphatic hydroxyl groups excluding tert-OH is 1. The summed E-state index contributed by atoms with van der Waals surface area (Å²) in [5, 5.41) is 9.48. The third-order valence-electron chi connectivity index (χ3n) is 7.01. The van der Waals surface area contributed by atoms with Crippen molar-refractivity contribution in [2.24, 2.45) is 0 Å². The molecule has 1 aliphatic carbocycles. The minimum atomic E-state index is -1.45. The Balaban J connectivity index is 1.31. The fourth-order valence-electron chi connectivity index (χ4n) is 4.74. The van der Waals surface area contributed by atoms with E-state index in [4.69, 9.17) is 9.47 Å². The Kier molecular flexibility index (Phi) is 7.26. The van der Waals surface area contributed by atoms with Crippen LogP contribution in [0.25, 0.3) is 11.1 Å². The minimum absolute atomic E-state index is 0.0172. The summed E-state index contributed by atoms with van der Waals surface area (Å²) in [5.74, 6) is -9.26. The van der Waals surface area contributed by atoms with Crippen LogP contribution < -0.4 is 0 Å². The second-order valence-corrected chi connectivity index (χ2v) is 9.52. The van der Waals surface area contributed by atoms with Crippen molar-refractivity contribution in [1.82, 2.24) is 0 Å². The zero-order chi connectivity index (χ0) is 28.0. The average molecular weight is 548 g/mol. The molecule has 4 nitrogen and oxygen atoms in total. The first-order chi connectivity index (χ1) is 18.6. The van der Waals surface area contributed by atoms with E-state index in [-0.39, 0.29) is 48.3 Å². The Labute approximate surface area is 219 Å². The predicted molar refractivity (Wildman–Crippen MR) is 127 cm³/mol. The van der Waals surface area contributed by atoms with Gasteiger partial charge in [-0.3, -0.25) is 0 Å². The monoisotopic (exact) mass is 548 g/mol. The fraction of sp³-hybridized carbons (Fsp3) is 0.276. The van der Waals surface area contributed by atoms with Crippen molar-refractivity contribution in [3.8, 4) is 11.1 Å². The van der Waals surface area contributed by atoms with E-state index in [9.17, 15) is 27.5 Å². The molecule has 3 aromatic carbocycles. The Morgan fingerprint density at radius 1 is 0.872 bits per heavy atom. The number of halogens is 6. The van der Waals surface area contributed by atoms with Gasteiger partial charge in [-0.1, -0.05) is 30.3 Å². The Hall–Kier alpha value is -3.63. The number of hydrogen-bond acceptors (Lipinski definition) is 4. The number of carbonyl (C=O) groups is 1. The molecule has 1 fully saturated rings. The van der Waals surface area contributed by atoms with Crippen LogP contribution in [-0.4, -0.2) is 17.7 Å². The maximum absolute atomic E-state index is 15.1. The first-order valence-corrected chi connectivity index (χ1v) is 12.2. The third kappa shape index (κ3) is 5.06. The van der Waals surface area contributed by atoms with Gasteiger partial charge in [0, 0.05) is 28.7 Å². The van der Waals surface area contributed by atoms with Gasteiger partial charge in [-0.05, 0) is 43.4 Å². The van der Waals surface area contributed by atoms with E-state index >= 15 is 8.78 Å². The number of carbonyl (C=O) groups excluding carboxylic acids is 1. The molecule has 0 bridgehead atoms. The van der Waals surface area contributed by atoms with E-state index in [2.05, 4.69) is 0 Å². The Morgan fingerprint density at radius 2 is 1.49 bits per heavy atom. The summed E-state index contributed by atoms with van der Waals surface area (Å²) in [6.07, 6.45) is 0.172. The summed E-state index contributed by atoms with van der Waals surface area (Å²) < 4.78 is 97.7. The second kappa shape index (κ2) is 10.5. The number of allylic oxidation sites excluding steroid dienone is 2. The lowest BCUT2D eigenvalue weighted by Gasteiger charge is -2.23. The molecule has 1 aliphatic heterocycles. The average Bonchev–Trinajstić information content (AvgIpc) is 3.75. The van der Waals surface area contributed by atoms with Gasteiger partial charge in [0.25, 0.3) is 0 Å². The molecule has 3 aromatic rings. The van der Waals surface area contributed by atoms with E-state index < -0.39 is 75.7 Å². The van der Waals surface area contributed by atoms with Crippen LogP contribution in [0, 0.1) is 34.9 Å². The largest absolute Gasteiger partial charge is 0.428 e. The van der Waals surface area contributed by atoms with Crippen LogP contribution in [0.4, 0.5) is 26.3 Å². The van der Waals surface area contributed by atoms with E-state index in [1.165, 1.54) is 37.3 Å². The van der Waals surface area contributed by atoms with E-state index in [0.29, 0.717) is 0 Å². The maximum Gasteiger partial charge on any atom is 0.346 e. The highest BCUT2D eigenvalue weighted by Crippen LogP contribution is 2.39. The van der Waals surface area contributed by atoms with Crippen molar-refractivity contribution >= 4 is 5.97 Å². The highest BCUT2D eigenvalue weighted by Gasteiger charge is 2.31. The van der Waals surface area contributed by atoms with Gasteiger partial charge in [-0.2, -0.15) is 0 Å². The molecular formula is C29H22F6O4. The van der Waals surface area contributed by atoms with Gasteiger partial charge in [0.15, 0.2) is 34.9 Å². The van der Waals surface area contributed by atoms with Crippen molar-refractivity contribution in [1.29, 1.82) is 0 Å². The molecule has 204 valence electrons. The molecule has 3 unspecified atom stereocenters. The second-order valence-electron chi connectivity index (χ2n) is 9.52. The van der Waals surface area contributed by atoms with Crippen molar-refractivity contribution in [3.05, 3.63) is 105 Å². The number of hydrogen-bond donors (Lipinski definition) is 1. The molecule has 1 saturated heterocycles. The summed E-state index contributed by atoms with van der Waals surface area (Å²) >= 11 is 0. The number of esters is 1. The van der Waals surface area contributed by atoms with E-state index in [1.807, 2.05) is 0 Å². The van der Waals surface area contributed by atoms with Crippen molar-refractivity contribution < 1.29 is 45.7 Å². The van der Waals surface area contributed by atoms with Gasteiger partial charge < -0.3 is 14.6 Å². The number of aliphatic hydroxyl groups is 1. The molecule has 39 heavy (non-hydrogen) atoms. The number of benzene rings is 3. The lowest BCUT2D eigenvalue weighted by molar-refractivity contribution is 0.0599. The minimum Gasteiger partial charge on any atom is -0.428 e. The van der Waals surface area contributed by atoms with Gasteiger partial charge in [0.05, 0.1) is 18.3 Å². The smallest absolute Gasteiger partial charge is 0.346 e. The summed E-state index contributed by atoms with van der Waals surface area (Å²) in [4.78, 5) is 12.4. The Bertz CT molecular complexity index is 1500. The lowest BCUT2D eigenvalue weighted by Crippen LogP contribution is -2.14. The molecule has 1 N–H and O–H groups in total. The molecule has 5 rings (SSSR count). The van der Waals surface area contributed by atoms with Crippen LogP contribution in [-0.2, 0) is 9.47 Å². The molecular weight excluding hydrogens is 526 g/mol. The van der Waals surface area contributed by atoms with Crippen LogP contribution in [0.15, 0.2) is 48.2 Å². The van der Waals surface area contributed by atoms with Crippen LogP contribution in [0.5, 0.6) is 0 Å². The number of epoxide rings is 1. The van der Waals surface area contributed by atoms with Gasteiger partial charge in [0.2, 0.25) is 0 Å². The Morgan fingerprint density at radius 3 is 2.05 bits per heavy atom. The summed E-state index contributed by atoms with van der Waals surface area (Å²) in [7, 11) is 0. The van der Waals surface area contributed by atoms with Crippen LogP contribution in [0.2, 0.25) is 0 Å². The molecule has 0 amide bonds. The van der Waals surface area contributed by atoms with E-state index in [0.717, 1.165) is 12.1 Å². The number of ether oxygens (including phenoxy) is 2. The first kappa shape index (κ1) is 27.0. The van der Waals surface area contributed by atoms with Crippen molar-refractivity contribution in [2.45, 2.75) is 44.3 Å². The fourth-order valence-corrected chi connectivity index (χ4v) is 4.74. The van der Waals surface area contributed by atoms with Crippen LogP contribution >= 0.6 is 0 Å². The molecule has 0 radical (unpaired) electrons. The van der Waals surface area contributed by atoms with Gasteiger partial charge in [0.1, 0.15) is 11.9 Å². The molecule has 0 saturated carbocycles. The highest BCUT2D eigenvalue weighted by molar-refractivity contribution is 5.90. The maximum atomic E-state index is 15.1. The van der Waals surface area contributed by atoms with Crippen LogP contribution in [0.3, 0.4) is 0 Å². The quantitative estimate of drug-likeness (QED) is 0.199. The molecule has 3 atom stereocenters. The summed E-state index contributed by atoms with van der Waals surface area (Å²) in [5.41, 5.74) is -1.75. The number of rotatable bonds is 6. The van der Waals surface area contributed by atoms with E-state index in [1.54, 1.807) is 0 Å². The van der Waals surface area contributed by atoms with Gasteiger partial charge in [-0.25, -0.2) is 31.1 Å². The zero-order valence-electron chi connectivity index (χ0n) is 20.5. The molecule has 1 heterocycles. The standard InChI is InChI=1S/C29H22F6O4/c1-13(36)16-6-11-21(28(35)23(16)30)29(37)39-15-4-2-14(3-5-15)17-7-8-18(25(32)24(17)31)19-9-10-20(22-12-38-22)27(34)26(19)33/h4,6-11,13-14,22,36H,2-3,5,12H2,1H3. The summed E-state index contributed by atoms with van der Waals surface area (Å²) in [6.45, 7) is 1.51. The SMILES string of the molecule is CC(O)c1ccc(C(=O)OC2=CCC(c3ccc(-c4ccc(C5CO5)c(F)c4F)c(F)c3F)CC2)c(F)c1F. The highest BCUT2D eigenvalue weighted by atomic mass is 19.2. The topological polar surface area (TPSA) is 59.1 Å².